The molecule has 1 aliphatic rings. The van der Waals surface area contributed by atoms with Gasteiger partial charge in [0.25, 0.3) is 0 Å². The van der Waals surface area contributed by atoms with Crippen molar-refractivity contribution in [3.63, 3.8) is 0 Å². The number of hydrogen-bond acceptors (Lipinski definition) is 6. The van der Waals surface area contributed by atoms with E-state index in [1.54, 1.807) is 16.4 Å². The van der Waals surface area contributed by atoms with Crippen molar-refractivity contribution in [1.82, 2.24) is 20.2 Å². The Balaban J connectivity index is 2.11. The first-order chi connectivity index (χ1) is 8.34. The number of aliphatic hydroxyl groups is 1. The maximum absolute atomic E-state index is 8.96. The molecule has 1 N–H and O–H groups in total. The molecule has 18 heavy (non-hydrogen) atoms. The van der Waals surface area contributed by atoms with Crippen molar-refractivity contribution in [2.24, 2.45) is 0 Å². The van der Waals surface area contributed by atoms with Crippen molar-refractivity contribution in [2.45, 2.75) is 62.3 Å². The predicted octanol–water partition coefficient (Wildman–Crippen LogP) is 1.10. The first-order valence-corrected chi connectivity index (χ1v) is 6.96. The minimum Gasteiger partial charge on any atom is -0.394 e. The van der Waals surface area contributed by atoms with Crippen LogP contribution in [0.2, 0.25) is 0 Å². The molecule has 102 valence electrons. The number of thioether (sulfide) groups is 1. The Labute approximate surface area is 111 Å². The molecule has 1 atom stereocenters. The molecule has 0 aromatic carbocycles. The van der Waals surface area contributed by atoms with Crippen LogP contribution in [0.5, 0.6) is 0 Å². The normalized spacial score (nSPS) is 25.5. The largest absolute Gasteiger partial charge is 0.394 e. The lowest BCUT2D eigenvalue weighted by Gasteiger charge is -2.26. The number of hydrogen-bond donors (Lipinski definition) is 1. The fourth-order valence-corrected chi connectivity index (χ4v) is 3.74. The fourth-order valence-electron chi connectivity index (χ4n) is 2.34. The van der Waals surface area contributed by atoms with Crippen LogP contribution in [0.3, 0.4) is 0 Å². The van der Waals surface area contributed by atoms with Gasteiger partial charge in [-0.1, -0.05) is 11.8 Å². The number of ether oxygens (including phenoxy) is 1. The summed E-state index contributed by atoms with van der Waals surface area (Å²) in [6.07, 6.45) is 0.955. The van der Waals surface area contributed by atoms with E-state index in [2.05, 4.69) is 43.2 Å². The summed E-state index contributed by atoms with van der Waals surface area (Å²) in [7, 11) is 0. The van der Waals surface area contributed by atoms with Crippen LogP contribution in [0.4, 0.5) is 0 Å². The van der Waals surface area contributed by atoms with Crippen molar-refractivity contribution in [2.75, 3.05) is 6.61 Å². The molecule has 2 heterocycles. The van der Waals surface area contributed by atoms with Crippen LogP contribution in [0.1, 0.15) is 34.1 Å². The lowest BCUT2D eigenvalue weighted by molar-refractivity contribution is -0.0631. The number of aromatic nitrogens is 4. The molecule has 1 aromatic rings. The van der Waals surface area contributed by atoms with E-state index in [1.807, 2.05) is 0 Å². The van der Waals surface area contributed by atoms with Gasteiger partial charge in [-0.05, 0) is 44.5 Å². The highest BCUT2D eigenvalue weighted by atomic mass is 32.2. The average molecular weight is 272 g/mol. The van der Waals surface area contributed by atoms with Crippen LogP contribution in [0.25, 0.3) is 0 Å². The van der Waals surface area contributed by atoms with Gasteiger partial charge < -0.3 is 9.84 Å². The van der Waals surface area contributed by atoms with Gasteiger partial charge in [-0.2, -0.15) is 0 Å². The molecule has 1 unspecified atom stereocenters. The Bertz CT molecular complexity index is 419. The van der Waals surface area contributed by atoms with Crippen LogP contribution in [-0.2, 0) is 11.3 Å². The molecule has 0 bridgehead atoms. The van der Waals surface area contributed by atoms with E-state index >= 15 is 0 Å². The van der Waals surface area contributed by atoms with E-state index in [0.29, 0.717) is 11.8 Å². The van der Waals surface area contributed by atoms with E-state index in [9.17, 15) is 0 Å². The topological polar surface area (TPSA) is 73.1 Å². The Morgan fingerprint density at radius 2 is 2.17 bits per heavy atom. The predicted molar refractivity (Wildman–Crippen MR) is 68.4 cm³/mol. The van der Waals surface area contributed by atoms with Gasteiger partial charge in [0.05, 0.1) is 24.4 Å². The molecule has 1 fully saturated rings. The van der Waals surface area contributed by atoms with Gasteiger partial charge in [0.2, 0.25) is 5.16 Å². The molecule has 7 heteroatoms. The van der Waals surface area contributed by atoms with Crippen LogP contribution >= 0.6 is 11.8 Å². The van der Waals surface area contributed by atoms with Gasteiger partial charge in [0.15, 0.2) is 0 Å². The summed E-state index contributed by atoms with van der Waals surface area (Å²) in [5.41, 5.74) is -0.319. The molecule has 2 rings (SSSR count). The van der Waals surface area contributed by atoms with Crippen molar-refractivity contribution < 1.29 is 9.84 Å². The third-order valence-electron chi connectivity index (χ3n) is 3.05. The summed E-state index contributed by atoms with van der Waals surface area (Å²) < 4.78 is 7.68. The average Bonchev–Trinajstić information content (AvgIpc) is 2.71. The fraction of sp³-hybridized carbons (Fsp3) is 0.909. The Morgan fingerprint density at radius 3 is 2.72 bits per heavy atom. The van der Waals surface area contributed by atoms with E-state index < -0.39 is 0 Å². The molecular formula is C11H20N4O2S. The molecule has 0 aliphatic carbocycles. The molecule has 0 radical (unpaired) electrons. The second-order valence-electron chi connectivity index (χ2n) is 5.68. The van der Waals surface area contributed by atoms with Crippen LogP contribution < -0.4 is 0 Å². The van der Waals surface area contributed by atoms with Gasteiger partial charge in [-0.3, -0.25) is 0 Å². The quantitative estimate of drug-likeness (QED) is 0.885. The molecular weight excluding hydrogens is 252 g/mol. The van der Waals surface area contributed by atoms with Gasteiger partial charge in [-0.15, -0.1) is 5.10 Å². The molecule has 0 spiro atoms. The zero-order chi connectivity index (χ0) is 13.4. The first-order valence-electron chi connectivity index (χ1n) is 6.08. The number of nitrogens with zero attached hydrogens (tertiary/aromatic N) is 4. The molecule has 1 aromatic heterocycles. The Kier molecular flexibility index (Phi) is 3.66. The Morgan fingerprint density at radius 1 is 1.44 bits per heavy atom. The van der Waals surface area contributed by atoms with Gasteiger partial charge >= 0.3 is 0 Å². The van der Waals surface area contributed by atoms with Gasteiger partial charge in [-0.25, -0.2) is 4.68 Å². The Hall–Kier alpha value is -0.660. The summed E-state index contributed by atoms with van der Waals surface area (Å²) in [5.74, 6) is 0. The van der Waals surface area contributed by atoms with Crippen molar-refractivity contribution in [3.05, 3.63) is 0 Å². The summed E-state index contributed by atoms with van der Waals surface area (Å²) in [5, 5.41) is 21.5. The van der Waals surface area contributed by atoms with E-state index in [4.69, 9.17) is 9.84 Å². The highest BCUT2D eigenvalue weighted by molar-refractivity contribution is 7.99. The summed E-state index contributed by atoms with van der Waals surface area (Å²) in [6, 6.07) is 0. The second kappa shape index (κ2) is 4.79. The van der Waals surface area contributed by atoms with Gasteiger partial charge in [0, 0.05) is 5.25 Å². The van der Waals surface area contributed by atoms with E-state index in [1.165, 1.54) is 0 Å². The highest BCUT2D eigenvalue weighted by Crippen LogP contribution is 2.45. The van der Waals surface area contributed by atoms with Crippen molar-refractivity contribution >= 4 is 11.8 Å². The van der Waals surface area contributed by atoms with Crippen LogP contribution in [0, 0.1) is 0 Å². The second-order valence-corrected chi connectivity index (χ2v) is 6.85. The van der Waals surface area contributed by atoms with E-state index in [-0.39, 0.29) is 17.8 Å². The zero-order valence-electron chi connectivity index (χ0n) is 11.3. The number of aliphatic hydroxyl groups excluding tert-OH is 1. The smallest absolute Gasteiger partial charge is 0.209 e. The molecule has 1 aliphatic heterocycles. The molecule has 0 amide bonds. The van der Waals surface area contributed by atoms with E-state index in [0.717, 1.165) is 11.6 Å². The highest BCUT2D eigenvalue weighted by Gasteiger charge is 2.46. The monoisotopic (exact) mass is 272 g/mol. The summed E-state index contributed by atoms with van der Waals surface area (Å²) >= 11 is 1.62. The third-order valence-corrected chi connectivity index (χ3v) is 4.57. The molecule has 6 nitrogen and oxygen atoms in total. The maximum Gasteiger partial charge on any atom is 0.209 e. The maximum atomic E-state index is 8.96. The lowest BCUT2D eigenvalue weighted by atomic mass is 10.0. The van der Waals surface area contributed by atoms with Crippen molar-refractivity contribution in [3.8, 4) is 0 Å². The summed E-state index contributed by atoms with van der Waals surface area (Å²) in [6.45, 7) is 8.86. The van der Waals surface area contributed by atoms with Crippen LogP contribution in [0.15, 0.2) is 5.16 Å². The number of rotatable bonds is 4. The minimum atomic E-state index is -0.204. The zero-order valence-corrected chi connectivity index (χ0v) is 12.1. The minimum absolute atomic E-state index is 0.0364. The van der Waals surface area contributed by atoms with Crippen molar-refractivity contribution in [1.29, 1.82) is 0 Å². The first kappa shape index (κ1) is 13.8. The molecule has 0 saturated carbocycles. The molecule has 1 saturated heterocycles. The third kappa shape index (κ3) is 2.84. The number of tetrazole rings is 1. The lowest BCUT2D eigenvalue weighted by Crippen LogP contribution is -2.31. The SMILES string of the molecule is CC1(C)CC(Sc2nnnn2CCO)C(C)(C)O1. The standard InChI is InChI=1S/C11H20N4O2S/c1-10(2)7-8(11(3,4)17-10)18-9-12-13-14-15(9)5-6-16/h8,16H,5-7H2,1-4H3. The summed E-state index contributed by atoms with van der Waals surface area (Å²) in [4.78, 5) is 0. The van der Waals surface area contributed by atoms with Crippen LogP contribution in [-0.4, -0.2) is 48.4 Å². The van der Waals surface area contributed by atoms with Gasteiger partial charge in [0.1, 0.15) is 0 Å².